The van der Waals surface area contributed by atoms with Gasteiger partial charge in [-0.05, 0) is 55.8 Å². The van der Waals surface area contributed by atoms with Gasteiger partial charge >= 0.3 is 0 Å². The van der Waals surface area contributed by atoms with Crippen molar-refractivity contribution in [3.63, 3.8) is 0 Å². The van der Waals surface area contributed by atoms with Crippen molar-refractivity contribution >= 4 is 11.8 Å². The van der Waals surface area contributed by atoms with Gasteiger partial charge in [-0.15, -0.1) is 0 Å². The van der Waals surface area contributed by atoms with Gasteiger partial charge in [0.1, 0.15) is 5.75 Å². The summed E-state index contributed by atoms with van der Waals surface area (Å²) in [6, 6.07) is 6.87. The van der Waals surface area contributed by atoms with Crippen molar-refractivity contribution in [2.45, 2.75) is 37.5 Å². The Morgan fingerprint density at radius 1 is 1.39 bits per heavy atom. The van der Waals surface area contributed by atoms with E-state index < -0.39 is 0 Å². The van der Waals surface area contributed by atoms with E-state index in [1.54, 1.807) is 7.11 Å². The van der Waals surface area contributed by atoms with Crippen LogP contribution in [0.1, 0.15) is 36.4 Å². The molecule has 0 saturated carbocycles. The first kappa shape index (κ1) is 13.8. The van der Waals surface area contributed by atoms with E-state index in [4.69, 9.17) is 4.74 Å². The normalized spacial score (nSPS) is 21.6. The predicted octanol–water partition coefficient (Wildman–Crippen LogP) is 3.55. The van der Waals surface area contributed by atoms with Crippen molar-refractivity contribution in [1.29, 1.82) is 0 Å². The summed E-state index contributed by atoms with van der Waals surface area (Å²) in [7, 11) is 3.80. The van der Waals surface area contributed by atoms with Crippen LogP contribution in [0, 0.1) is 6.92 Å². The fourth-order valence-electron chi connectivity index (χ4n) is 2.69. The third-order valence-electron chi connectivity index (χ3n) is 3.71. The van der Waals surface area contributed by atoms with E-state index in [-0.39, 0.29) is 0 Å². The van der Waals surface area contributed by atoms with Crippen molar-refractivity contribution in [3.8, 4) is 5.75 Å². The van der Waals surface area contributed by atoms with Gasteiger partial charge in [-0.1, -0.05) is 12.5 Å². The summed E-state index contributed by atoms with van der Waals surface area (Å²) < 4.78 is 5.28. The van der Waals surface area contributed by atoms with Crippen LogP contribution < -0.4 is 10.1 Å². The van der Waals surface area contributed by atoms with Crippen LogP contribution in [0.3, 0.4) is 0 Å². The number of methoxy groups -OCH3 is 1. The van der Waals surface area contributed by atoms with Crippen LogP contribution in [0.15, 0.2) is 18.2 Å². The summed E-state index contributed by atoms with van der Waals surface area (Å²) in [5.74, 6) is 2.25. The maximum atomic E-state index is 5.28. The average Bonchev–Trinajstić information content (AvgIpc) is 2.42. The SMILES string of the molecule is CNC(c1ccc(OC)cc1C)C1CCCCS1. The maximum absolute atomic E-state index is 5.28. The van der Waals surface area contributed by atoms with Gasteiger partial charge in [0.25, 0.3) is 0 Å². The molecule has 2 atom stereocenters. The Morgan fingerprint density at radius 2 is 2.22 bits per heavy atom. The molecule has 1 aliphatic rings. The Morgan fingerprint density at radius 3 is 2.78 bits per heavy atom. The van der Waals surface area contributed by atoms with Gasteiger partial charge in [0.05, 0.1) is 7.11 Å². The number of nitrogens with one attached hydrogen (secondary N) is 1. The molecule has 2 rings (SSSR count). The van der Waals surface area contributed by atoms with Crippen LogP contribution in [0.25, 0.3) is 0 Å². The van der Waals surface area contributed by atoms with Crippen molar-refractivity contribution in [3.05, 3.63) is 29.3 Å². The molecule has 0 radical (unpaired) electrons. The third kappa shape index (κ3) is 3.01. The summed E-state index contributed by atoms with van der Waals surface area (Å²) in [6.45, 7) is 2.18. The molecule has 0 aliphatic carbocycles. The molecule has 2 nitrogen and oxygen atoms in total. The van der Waals surface area contributed by atoms with Crippen LogP contribution >= 0.6 is 11.8 Å². The lowest BCUT2D eigenvalue weighted by atomic mass is 9.95. The molecule has 1 N–H and O–H groups in total. The lowest BCUT2D eigenvalue weighted by Gasteiger charge is -2.31. The second kappa shape index (κ2) is 6.48. The summed E-state index contributed by atoms with van der Waals surface area (Å²) in [5.41, 5.74) is 2.73. The van der Waals surface area contributed by atoms with E-state index in [9.17, 15) is 0 Å². The topological polar surface area (TPSA) is 21.3 Å². The maximum Gasteiger partial charge on any atom is 0.119 e. The molecule has 1 saturated heterocycles. The minimum atomic E-state index is 0.459. The Labute approximate surface area is 114 Å². The molecule has 0 aromatic heterocycles. The Bertz CT molecular complexity index is 388. The highest BCUT2D eigenvalue weighted by Crippen LogP contribution is 2.36. The van der Waals surface area contributed by atoms with Crippen LogP contribution in [-0.2, 0) is 0 Å². The zero-order valence-electron chi connectivity index (χ0n) is 11.5. The zero-order chi connectivity index (χ0) is 13.0. The largest absolute Gasteiger partial charge is 0.497 e. The fraction of sp³-hybridized carbons (Fsp3) is 0.600. The third-order valence-corrected chi connectivity index (χ3v) is 5.17. The molecule has 0 spiro atoms. The highest BCUT2D eigenvalue weighted by Gasteiger charge is 2.25. The molecule has 18 heavy (non-hydrogen) atoms. The molecule has 1 heterocycles. The molecular formula is C15H23NOS. The van der Waals surface area contributed by atoms with Gasteiger partial charge in [-0.3, -0.25) is 0 Å². The van der Waals surface area contributed by atoms with Crippen LogP contribution in [0.4, 0.5) is 0 Å². The molecule has 100 valence electrons. The zero-order valence-corrected chi connectivity index (χ0v) is 12.3. The van der Waals surface area contributed by atoms with E-state index in [1.165, 1.54) is 36.1 Å². The number of hydrogen-bond donors (Lipinski definition) is 1. The molecule has 0 amide bonds. The van der Waals surface area contributed by atoms with Gasteiger partial charge in [0.15, 0.2) is 0 Å². The van der Waals surface area contributed by atoms with Crippen molar-refractivity contribution in [2.75, 3.05) is 19.9 Å². The minimum Gasteiger partial charge on any atom is -0.497 e. The number of ether oxygens (including phenoxy) is 1. The van der Waals surface area contributed by atoms with Crippen LogP contribution in [0.2, 0.25) is 0 Å². The molecular weight excluding hydrogens is 242 g/mol. The van der Waals surface area contributed by atoms with Crippen molar-refractivity contribution in [2.24, 2.45) is 0 Å². The second-order valence-electron chi connectivity index (χ2n) is 4.89. The number of thioether (sulfide) groups is 1. The lowest BCUT2D eigenvalue weighted by Crippen LogP contribution is -2.29. The van der Waals surface area contributed by atoms with Gasteiger partial charge in [0.2, 0.25) is 0 Å². The van der Waals surface area contributed by atoms with Crippen molar-refractivity contribution < 1.29 is 4.74 Å². The fourth-order valence-corrected chi connectivity index (χ4v) is 4.18. The number of hydrogen-bond acceptors (Lipinski definition) is 3. The molecule has 0 bridgehead atoms. The van der Waals surface area contributed by atoms with Crippen molar-refractivity contribution in [1.82, 2.24) is 5.32 Å². The Hall–Kier alpha value is -0.670. The van der Waals surface area contributed by atoms with E-state index in [0.717, 1.165) is 5.75 Å². The monoisotopic (exact) mass is 265 g/mol. The molecule has 1 fully saturated rings. The van der Waals surface area contributed by atoms with E-state index in [1.807, 2.05) is 0 Å². The van der Waals surface area contributed by atoms with E-state index in [0.29, 0.717) is 11.3 Å². The quantitative estimate of drug-likeness (QED) is 0.899. The first-order valence-corrected chi connectivity index (χ1v) is 7.74. The van der Waals surface area contributed by atoms with Gasteiger partial charge < -0.3 is 10.1 Å². The van der Waals surface area contributed by atoms with E-state index >= 15 is 0 Å². The first-order chi connectivity index (χ1) is 8.76. The summed E-state index contributed by atoms with van der Waals surface area (Å²) in [4.78, 5) is 0. The summed E-state index contributed by atoms with van der Waals surface area (Å²) >= 11 is 2.12. The highest BCUT2D eigenvalue weighted by molar-refractivity contribution is 8.00. The van der Waals surface area contributed by atoms with Crippen LogP contribution in [-0.4, -0.2) is 25.2 Å². The van der Waals surface area contributed by atoms with Gasteiger partial charge in [0, 0.05) is 11.3 Å². The second-order valence-corrected chi connectivity index (χ2v) is 6.24. The molecule has 1 aromatic rings. The molecule has 3 heteroatoms. The van der Waals surface area contributed by atoms with Gasteiger partial charge in [-0.25, -0.2) is 0 Å². The molecule has 2 unspecified atom stereocenters. The smallest absolute Gasteiger partial charge is 0.119 e. The van der Waals surface area contributed by atoms with E-state index in [2.05, 4.69) is 49.2 Å². The first-order valence-electron chi connectivity index (χ1n) is 6.69. The number of rotatable bonds is 4. The number of benzene rings is 1. The standard InChI is InChI=1S/C15H23NOS/c1-11-10-12(17-3)7-8-13(11)15(16-2)14-6-4-5-9-18-14/h7-8,10,14-16H,4-6,9H2,1-3H3. The van der Waals surface area contributed by atoms with Crippen LogP contribution in [0.5, 0.6) is 5.75 Å². The lowest BCUT2D eigenvalue weighted by molar-refractivity contribution is 0.413. The number of aryl methyl sites for hydroxylation is 1. The molecule has 1 aromatic carbocycles. The highest BCUT2D eigenvalue weighted by atomic mass is 32.2. The Balaban J connectivity index is 2.20. The van der Waals surface area contributed by atoms with Gasteiger partial charge in [-0.2, -0.15) is 11.8 Å². The summed E-state index contributed by atoms with van der Waals surface area (Å²) in [5, 5.41) is 4.21. The average molecular weight is 265 g/mol. The minimum absolute atomic E-state index is 0.459. The Kier molecular flexibility index (Phi) is 4.95. The summed E-state index contributed by atoms with van der Waals surface area (Å²) in [6.07, 6.45) is 4.06. The predicted molar refractivity (Wildman–Crippen MR) is 79.6 cm³/mol. The molecule has 1 aliphatic heterocycles.